The van der Waals surface area contributed by atoms with Crippen LogP contribution in [0, 0.1) is 6.92 Å². The summed E-state index contributed by atoms with van der Waals surface area (Å²) in [4.78, 5) is 35.4. The van der Waals surface area contributed by atoms with Gasteiger partial charge in [0.25, 0.3) is 0 Å². The van der Waals surface area contributed by atoms with Crippen molar-refractivity contribution in [2.75, 3.05) is 29.0 Å². The van der Waals surface area contributed by atoms with Crippen molar-refractivity contribution in [1.29, 1.82) is 0 Å². The van der Waals surface area contributed by atoms with E-state index in [2.05, 4.69) is 41.7 Å². The number of carbonyl (C=O) groups is 2. The predicted molar refractivity (Wildman–Crippen MR) is 183 cm³/mol. The first-order valence-electron chi connectivity index (χ1n) is 15.8. The number of aromatic nitrogens is 3. The molecule has 0 unspecified atom stereocenters. The van der Waals surface area contributed by atoms with Gasteiger partial charge in [0.15, 0.2) is 0 Å². The highest BCUT2D eigenvalue weighted by Gasteiger charge is 2.22. The summed E-state index contributed by atoms with van der Waals surface area (Å²) in [6, 6.07) is 24.1. The zero-order valence-electron chi connectivity index (χ0n) is 27.0. The standard InChI is InChI=1S/C36H39N7O4/c1-24-12-14-25(15-13-24)43-33(23-31(41-43)36(2,3)4)40-34(44)38-29-16-17-30(28-11-7-6-10-27(28)29)46-26-18-19-37-32(22-26)39-35(45)47-42-20-8-5-9-21-42/h6-7,10-19,22-23H,5,8-9,20-21H2,1-4H3,(H,37,39,45)(H2,38,40,44). The highest BCUT2D eigenvalue weighted by molar-refractivity contribution is 6.07. The first kappa shape index (κ1) is 31.6. The Hall–Kier alpha value is -5.42. The summed E-state index contributed by atoms with van der Waals surface area (Å²) in [6.07, 6.45) is 4.10. The summed E-state index contributed by atoms with van der Waals surface area (Å²) in [5.41, 5.74) is 3.24. The molecule has 3 N–H and O–H groups in total. The van der Waals surface area contributed by atoms with E-state index in [1.807, 2.05) is 61.5 Å². The fourth-order valence-electron chi connectivity index (χ4n) is 5.33. The minimum Gasteiger partial charge on any atom is -0.457 e. The fraction of sp³-hybridized carbons (Fsp3) is 0.278. The van der Waals surface area contributed by atoms with Crippen LogP contribution < -0.4 is 20.7 Å². The van der Waals surface area contributed by atoms with Crippen LogP contribution in [0.25, 0.3) is 16.5 Å². The number of fused-ring (bicyclic) bond motifs is 1. The maximum Gasteiger partial charge on any atom is 0.431 e. The van der Waals surface area contributed by atoms with E-state index < -0.39 is 12.1 Å². The lowest BCUT2D eigenvalue weighted by molar-refractivity contribution is -0.105. The van der Waals surface area contributed by atoms with Crippen LogP contribution in [0.4, 0.5) is 26.9 Å². The first-order valence-corrected chi connectivity index (χ1v) is 15.8. The summed E-state index contributed by atoms with van der Waals surface area (Å²) in [6.45, 7) is 9.73. The zero-order chi connectivity index (χ0) is 33.0. The molecule has 1 aliphatic rings. The Morgan fingerprint density at radius 2 is 1.57 bits per heavy atom. The van der Waals surface area contributed by atoms with Gasteiger partial charge in [-0.2, -0.15) is 5.10 Å². The lowest BCUT2D eigenvalue weighted by Crippen LogP contribution is -2.34. The van der Waals surface area contributed by atoms with Crippen LogP contribution >= 0.6 is 0 Å². The van der Waals surface area contributed by atoms with E-state index in [1.165, 1.54) is 0 Å². The number of nitrogens with one attached hydrogen (secondary N) is 3. The Labute approximate surface area is 273 Å². The molecule has 3 heterocycles. The van der Waals surface area contributed by atoms with Gasteiger partial charge in [-0.3, -0.25) is 10.6 Å². The minimum absolute atomic E-state index is 0.211. The highest BCUT2D eigenvalue weighted by atomic mass is 16.7. The molecule has 2 aromatic heterocycles. The van der Waals surface area contributed by atoms with Gasteiger partial charge in [-0.25, -0.2) is 19.3 Å². The molecule has 0 saturated carbocycles. The lowest BCUT2D eigenvalue weighted by atomic mass is 9.92. The number of ether oxygens (including phenoxy) is 1. The Kier molecular flexibility index (Phi) is 9.08. The van der Waals surface area contributed by atoms with Crippen LogP contribution in [0.15, 0.2) is 85.1 Å². The van der Waals surface area contributed by atoms with Gasteiger partial charge in [0.05, 0.1) is 17.1 Å². The van der Waals surface area contributed by atoms with E-state index >= 15 is 0 Å². The normalized spacial score (nSPS) is 13.6. The van der Waals surface area contributed by atoms with Crippen molar-refractivity contribution < 1.29 is 19.2 Å². The number of carbonyl (C=O) groups excluding carboxylic acids is 2. The van der Waals surface area contributed by atoms with Crippen molar-refractivity contribution in [2.45, 2.75) is 52.4 Å². The van der Waals surface area contributed by atoms with Crippen molar-refractivity contribution in [2.24, 2.45) is 0 Å². The lowest BCUT2D eigenvalue weighted by Gasteiger charge is -2.24. The summed E-state index contributed by atoms with van der Waals surface area (Å²) < 4.78 is 7.99. The van der Waals surface area contributed by atoms with E-state index in [0.29, 0.717) is 28.8 Å². The third-order valence-corrected chi connectivity index (χ3v) is 7.85. The highest BCUT2D eigenvalue weighted by Crippen LogP contribution is 2.35. The number of rotatable bonds is 7. The van der Waals surface area contributed by atoms with Crippen molar-refractivity contribution in [1.82, 2.24) is 19.8 Å². The molecular weight excluding hydrogens is 594 g/mol. The number of hydrogen-bond acceptors (Lipinski definition) is 7. The molecule has 1 fully saturated rings. The van der Waals surface area contributed by atoms with Crippen LogP contribution in [0.5, 0.6) is 11.5 Å². The topological polar surface area (TPSA) is 123 Å². The Balaban J connectivity index is 1.18. The molecule has 11 heteroatoms. The number of amides is 3. The number of aryl methyl sites for hydroxylation is 1. The molecule has 0 atom stereocenters. The van der Waals surface area contributed by atoms with Crippen LogP contribution in [0.2, 0.25) is 0 Å². The Bertz CT molecular complexity index is 1890. The summed E-state index contributed by atoms with van der Waals surface area (Å²) in [7, 11) is 0. The Morgan fingerprint density at radius 3 is 2.32 bits per heavy atom. The second-order valence-electron chi connectivity index (χ2n) is 12.6. The van der Waals surface area contributed by atoms with E-state index in [9.17, 15) is 9.59 Å². The van der Waals surface area contributed by atoms with Gasteiger partial charge >= 0.3 is 12.1 Å². The molecule has 242 valence electrons. The smallest absolute Gasteiger partial charge is 0.431 e. The van der Waals surface area contributed by atoms with Gasteiger partial charge in [-0.1, -0.05) is 69.2 Å². The molecule has 47 heavy (non-hydrogen) atoms. The maximum atomic E-state index is 13.4. The van der Waals surface area contributed by atoms with Gasteiger partial charge in [-0.15, -0.1) is 5.06 Å². The molecule has 11 nitrogen and oxygen atoms in total. The van der Waals surface area contributed by atoms with Gasteiger partial charge in [-0.05, 0) is 50.1 Å². The Morgan fingerprint density at radius 1 is 0.830 bits per heavy atom. The van der Waals surface area contributed by atoms with Gasteiger partial charge in [0.1, 0.15) is 23.1 Å². The number of pyridine rings is 1. The van der Waals surface area contributed by atoms with Crippen molar-refractivity contribution in [3.63, 3.8) is 0 Å². The number of hydrogen-bond donors (Lipinski definition) is 3. The van der Waals surface area contributed by atoms with Crippen molar-refractivity contribution in [3.05, 3.63) is 96.3 Å². The zero-order valence-corrected chi connectivity index (χ0v) is 27.0. The summed E-state index contributed by atoms with van der Waals surface area (Å²) in [5.74, 6) is 1.92. The number of anilines is 3. The average Bonchev–Trinajstić information content (AvgIpc) is 3.47. The molecule has 3 aromatic carbocycles. The minimum atomic E-state index is -0.591. The summed E-state index contributed by atoms with van der Waals surface area (Å²) >= 11 is 0. The van der Waals surface area contributed by atoms with Crippen LogP contribution in [-0.4, -0.2) is 45.0 Å². The van der Waals surface area contributed by atoms with E-state index in [1.54, 1.807) is 40.2 Å². The number of piperidine rings is 1. The molecule has 0 spiro atoms. The van der Waals surface area contributed by atoms with Gasteiger partial charge < -0.3 is 14.9 Å². The van der Waals surface area contributed by atoms with Crippen LogP contribution in [0.1, 0.15) is 51.3 Å². The molecule has 0 radical (unpaired) electrons. The molecule has 1 aliphatic heterocycles. The third kappa shape index (κ3) is 7.70. The third-order valence-electron chi connectivity index (χ3n) is 7.85. The molecule has 0 aliphatic carbocycles. The first-order chi connectivity index (χ1) is 22.6. The molecule has 0 bridgehead atoms. The quantitative estimate of drug-likeness (QED) is 0.164. The van der Waals surface area contributed by atoms with Crippen molar-refractivity contribution in [3.8, 4) is 17.2 Å². The van der Waals surface area contributed by atoms with Crippen molar-refractivity contribution >= 4 is 40.2 Å². The summed E-state index contributed by atoms with van der Waals surface area (Å²) in [5, 5.41) is 16.7. The molecule has 1 saturated heterocycles. The number of hydroxylamine groups is 2. The van der Waals surface area contributed by atoms with Gasteiger partial charge in [0, 0.05) is 47.6 Å². The predicted octanol–water partition coefficient (Wildman–Crippen LogP) is 8.41. The molecule has 5 aromatic rings. The van der Waals surface area contributed by atoms with Crippen LogP contribution in [0.3, 0.4) is 0 Å². The second-order valence-corrected chi connectivity index (χ2v) is 12.6. The molecule has 3 amide bonds. The monoisotopic (exact) mass is 633 g/mol. The largest absolute Gasteiger partial charge is 0.457 e. The fourth-order valence-corrected chi connectivity index (χ4v) is 5.33. The number of urea groups is 1. The van der Waals surface area contributed by atoms with E-state index in [4.69, 9.17) is 14.7 Å². The van der Waals surface area contributed by atoms with E-state index in [0.717, 1.165) is 60.1 Å². The van der Waals surface area contributed by atoms with E-state index in [-0.39, 0.29) is 5.41 Å². The van der Waals surface area contributed by atoms with Crippen LogP contribution in [-0.2, 0) is 10.3 Å². The average molecular weight is 634 g/mol. The maximum absolute atomic E-state index is 13.4. The SMILES string of the molecule is Cc1ccc(-n2nc(C(C)(C)C)cc2NC(=O)Nc2ccc(Oc3ccnc(NC(=O)ON4CCCCC4)c3)c3ccccc23)cc1. The number of benzene rings is 3. The molecule has 6 rings (SSSR count). The number of nitrogens with zero attached hydrogens (tertiary/aromatic N) is 4. The van der Waals surface area contributed by atoms with Gasteiger partial charge in [0.2, 0.25) is 0 Å². The molecular formula is C36H39N7O4. The second kappa shape index (κ2) is 13.5.